The largest absolute Gasteiger partial charge is 0.449 e. The zero-order valence-corrected chi connectivity index (χ0v) is 7.82. The SMILES string of the molecule is CCCCCOC(=O)N1CC1C#N. The summed E-state index contributed by atoms with van der Waals surface area (Å²) in [7, 11) is 0. The average Bonchev–Trinajstić information content (AvgIpc) is 2.91. The first kappa shape index (κ1) is 9.85. The molecule has 1 atom stereocenters. The summed E-state index contributed by atoms with van der Waals surface area (Å²) in [5.74, 6) is 0. The van der Waals surface area contributed by atoms with E-state index in [2.05, 4.69) is 6.92 Å². The molecule has 1 amide bonds. The maximum atomic E-state index is 11.1. The minimum absolute atomic E-state index is 0.237. The van der Waals surface area contributed by atoms with Crippen molar-refractivity contribution in [2.24, 2.45) is 0 Å². The Morgan fingerprint density at radius 2 is 2.46 bits per heavy atom. The average molecular weight is 182 g/mol. The van der Waals surface area contributed by atoms with Crippen molar-refractivity contribution in [3.8, 4) is 6.07 Å². The molecule has 1 heterocycles. The Morgan fingerprint density at radius 1 is 1.69 bits per heavy atom. The molecule has 0 aromatic heterocycles. The minimum Gasteiger partial charge on any atom is -0.449 e. The summed E-state index contributed by atoms with van der Waals surface area (Å²) in [6.07, 6.45) is 2.76. The van der Waals surface area contributed by atoms with E-state index in [1.54, 1.807) is 0 Å². The Bertz CT molecular complexity index is 222. The molecule has 0 spiro atoms. The van der Waals surface area contributed by atoms with Crippen molar-refractivity contribution >= 4 is 6.09 Å². The van der Waals surface area contributed by atoms with Gasteiger partial charge >= 0.3 is 6.09 Å². The fourth-order valence-electron chi connectivity index (χ4n) is 1.05. The van der Waals surface area contributed by atoms with Crippen molar-refractivity contribution in [2.45, 2.75) is 32.2 Å². The van der Waals surface area contributed by atoms with Gasteiger partial charge in [-0.1, -0.05) is 19.8 Å². The van der Waals surface area contributed by atoms with Crippen LogP contribution in [0.1, 0.15) is 26.2 Å². The van der Waals surface area contributed by atoms with Gasteiger partial charge in [0.2, 0.25) is 0 Å². The minimum atomic E-state index is -0.345. The van der Waals surface area contributed by atoms with Crippen LogP contribution in [0.4, 0.5) is 4.79 Å². The van der Waals surface area contributed by atoms with E-state index in [1.165, 1.54) is 4.90 Å². The van der Waals surface area contributed by atoms with E-state index in [0.717, 1.165) is 19.3 Å². The van der Waals surface area contributed by atoms with E-state index < -0.39 is 0 Å². The Hall–Kier alpha value is -1.24. The summed E-state index contributed by atoms with van der Waals surface area (Å²) in [6.45, 7) is 3.10. The highest BCUT2D eigenvalue weighted by atomic mass is 16.6. The number of rotatable bonds is 4. The molecule has 0 saturated carbocycles. The summed E-state index contributed by atoms with van der Waals surface area (Å²) < 4.78 is 4.94. The van der Waals surface area contributed by atoms with Crippen LogP contribution in [0.15, 0.2) is 0 Å². The molecule has 1 saturated heterocycles. The first-order chi connectivity index (χ1) is 6.29. The first-order valence-electron chi connectivity index (χ1n) is 4.62. The highest BCUT2D eigenvalue weighted by molar-refractivity contribution is 5.71. The van der Waals surface area contributed by atoms with Crippen LogP contribution in [0.3, 0.4) is 0 Å². The van der Waals surface area contributed by atoms with Crippen LogP contribution in [0.25, 0.3) is 0 Å². The van der Waals surface area contributed by atoms with Crippen LogP contribution in [-0.4, -0.2) is 30.2 Å². The number of hydrogen-bond acceptors (Lipinski definition) is 3. The smallest absolute Gasteiger partial charge is 0.411 e. The van der Waals surface area contributed by atoms with Crippen LogP contribution in [0.5, 0.6) is 0 Å². The van der Waals surface area contributed by atoms with Crippen molar-refractivity contribution in [2.75, 3.05) is 13.2 Å². The van der Waals surface area contributed by atoms with Gasteiger partial charge in [0.05, 0.1) is 19.2 Å². The standard InChI is InChI=1S/C9H14N2O2/c1-2-3-4-5-13-9(12)11-7-8(11)6-10/h8H,2-5,7H2,1H3. The topological polar surface area (TPSA) is 53.1 Å². The number of carbonyl (C=O) groups is 1. The number of carbonyl (C=O) groups excluding carboxylic acids is 1. The Kier molecular flexibility index (Phi) is 3.56. The third-order valence-electron chi connectivity index (χ3n) is 1.97. The van der Waals surface area contributed by atoms with Gasteiger partial charge in [-0.05, 0) is 6.42 Å². The highest BCUT2D eigenvalue weighted by Crippen LogP contribution is 2.17. The van der Waals surface area contributed by atoms with Crippen LogP contribution < -0.4 is 0 Å². The first-order valence-corrected chi connectivity index (χ1v) is 4.62. The Morgan fingerprint density at radius 3 is 3.00 bits per heavy atom. The van der Waals surface area contributed by atoms with Gasteiger partial charge in [0.1, 0.15) is 6.04 Å². The molecule has 0 aromatic carbocycles. The molecule has 0 aliphatic carbocycles. The summed E-state index contributed by atoms with van der Waals surface area (Å²) in [5.41, 5.74) is 0. The van der Waals surface area contributed by atoms with Crippen LogP contribution >= 0.6 is 0 Å². The fourth-order valence-corrected chi connectivity index (χ4v) is 1.05. The normalized spacial score (nSPS) is 19.4. The van der Waals surface area contributed by atoms with E-state index >= 15 is 0 Å². The maximum absolute atomic E-state index is 11.1. The zero-order chi connectivity index (χ0) is 9.68. The van der Waals surface area contributed by atoms with Crippen LogP contribution in [0.2, 0.25) is 0 Å². The molecule has 4 heteroatoms. The number of unbranched alkanes of at least 4 members (excludes halogenated alkanes) is 2. The maximum Gasteiger partial charge on any atom is 0.411 e. The molecule has 1 aliphatic rings. The van der Waals surface area contributed by atoms with Gasteiger partial charge < -0.3 is 4.74 Å². The monoisotopic (exact) mass is 182 g/mol. The molecule has 13 heavy (non-hydrogen) atoms. The fraction of sp³-hybridized carbons (Fsp3) is 0.778. The zero-order valence-electron chi connectivity index (χ0n) is 7.82. The molecule has 0 aromatic rings. The van der Waals surface area contributed by atoms with Gasteiger partial charge in [-0.25, -0.2) is 4.79 Å². The summed E-state index contributed by atoms with van der Waals surface area (Å²) >= 11 is 0. The lowest BCUT2D eigenvalue weighted by atomic mass is 10.3. The van der Waals surface area contributed by atoms with Crippen molar-refractivity contribution < 1.29 is 9.53 Å². The van der Waals surface area contributed by atoms with E-state index in [0.29, 0.717) is 13.2 Å². The van der Waals surface area contributed by atoms with E-state index in [4.69, 9.17) is 10.00 Å². The summed E-state index contributed by atoms with van der Waals surface area (Å²) in [4.78, 5) is 12.5. The number of amides is 1. The molecule has 0 radical (unpaired) electrons. The van der Waals surface area contributed by atoms with E-state index in [-0.39, 0.29) is 12.1 Å². The lowest BCUT2D eigenvalue weighted by molar-refractivity contribution is 0.128. The number of nitrogens with zero attached hydrogens (tertiary/aromatic N) is 2. The van der Waals surface area contributed by atoms with Crippen molar-refractivity contribution in [3.05, 3.63) is 0 Å². The molecule has 1 unspecified atom stereocenters. The van der Waals surface area contributed by atoms with Gasteiger partial charge in [-0.3, -0.25) is 4.90 Å². The number of nitriles is 1. The van der Waals surface area contributed by atoms with Gasteiger partial charge in [-0.15, -0.1) is 0 Å². The van der Waals surface area contributed by atoms with Gasteiger partial charge in [0.15, 0.2) is 0 Å². The second-order valence-corrected chi connectivity index (χ2v) is 3.12. The Labute approximate surface area is 78.1 Å². The number of ether oxygens (including phenoxy) is 1. The lowest BCUT2D eigenvalue weighted by Crippen LogP contribution is -2.15. The molecule has 1 aliphatic heterocycles. The quantitative estimate of drug-likeness (QED) is 0.489. The molecular formula is C9H14N2O2. The van der Waals surface area contributed by atoms with Crippen molar-refractivity contribution in [1.29, 1.82) is 5.26 Å². The van der Waals surface area contributed by atoms with Crippen LogP contribution in [-0.2, 0) is 4.74 Å². The van der Waals surface area contributed by atoms with Crippen molar-refractivity contribution in [1.82, 2.24) is 4.90 Å². The molecule has 1 fully saturated rings. The summed E-state index contributed by atoms with van der Waals surface area (Å²) in [5, 5.41) is 8.44. The molecule has 1 rings (SSSR count). The van der Waals surface area contributed by atoms with Crippen molar-refractivity contribution in [3.63, 3.8) is 0 Å². The molecule has 72 valence electrons. The molecular weight excluding hydrogens is 168 g/mol. The second kappa shape index (κ2) is 4.70. The Balaban J connectivity index is 2.03. The molecule has 4 nitrogen and oxygen atoms in total. The van der Waals surface area contributed by atoms with E-state index in [9.17, 15) is 4.79 Å². The third kappa shape index (κ3) is 2.94. The van der Waals surface area contributed by atoms with Gasteiger partial charge in [-0.2, -0.15) is 5.26 Å². The van der Waals surface area contributed by atoms with E-state index in [1.807, 2.05) is 6.07 Å². The third-order valence-corrected chi connectivity index (χ3v) is 1.97. The van der Waals surface area contributed by atoms with Gasteiger partial charge in [0, 0.05) is 0 Å². The predicted molar refractivity (Wildman–Crippen MR) is 47.0 cm³/mol. The van der Waals surface area contributed by atoms with Gasteiger partial charge in [0.25, 0.3) is 0 Å². The van der Waals surface area contributed by atoms with Crippen LogP contribution in [0, 0.1) is 11.3 Å². The second-order valence-electron chi connectivity index (χ2n) is 3.12. The molecule has 0 N–H and O–H groups in total. The molecule has 0 bridgehead atoms. The highest BCUT2D eigenvalue weighted by Gasteiger charge is 2.39. The lowest BCUT2D eigenvalue weighted by Gasteiger charge is -2.03. The predicted octanol–water partition coefficient (Wildman–Crippen LogP) is 1.52. The summed E-state index contributed by atoms with van der Waals surface area (Å²) in [6, 6.07) is 1.76. The number of hydrogen-bond donors (Lipinski definition) is 0.